The topological polar surface area (TPSA) is 112 Å². The minimum Gasteiger partial charge on any atom is -0.497 e. The molecule has 11 heteroatoms. The molecule has 0 atom stereocenters. The van der Waals surface area contributed by atoms with Crippen LogP contribution in [0.25, 0.3) is 5.69 Å². The quantitative estimate of drug-likeness (QED) is 0.561. The van der Waals surface area contributed by atoms with Crippen LogP contribution in [0.15, 0.2) is 59.9 Å². The molecule has 1 aliphatic heterocycles. The highest BCUT2D eigenvalue weighted by Gasteiger charge is 2.26. The van der Waals surface area contributed by atoms with Gasteiger partial charge in [0.25, 0.3) is 5.91 Å². The minimum absolute atomic E-state index is 0.192. The number of amides is 1. The van der Waals surface area contributed by atoms with Crippen molar-refractivity contribution in [3.63, 3.8) is 0 Å². The van der Waals surface area contributed by atoms with Crippen molar-refractivity contribution in [3.8, 4) is 17.2 Å². The maximum Gasteiger partial charge on any atom is 0.275 e. The number of rotatable bonds is 7. The average Bonchev–Trinajstić information content (AvgIpc) is 3.35. The smallest absolute Gasteiger partial charge is 0.275 e. The molecule has 1 amide bonds. The number of morpholine rings is 1. The zero-order valence-corrected chi connectivity index (χ0v) is 19.0. The molecule has 0 radical (unpaired) electrons. The summed E-state index contributed by atoms with van der Waals surface area (Å²) in [4.78, 5) is 17.0. The molecule has 0 saturated carbocycles. The third-order valence-electron chi connectivity index (χ3n) is 5.21. The highest BCUT2D eigenvalue weighted by Crippen LogP contribution is 2.29. The maximum absolute atomic E-state index is 12.8. The minimum atomic E-state index is -3.57. The number of nitrogens with one attached hydrogen (secondary N) is 1. The number of carbonyl (C=O) groups is 1. The Morgan fingerprint density at radius 1 is 1.06 bits per heavy atom. The van der Waals surface area contributed by atoms with E-state index in [0.717, 1.165) is 0 Å². The van der Waals surface area contributed by atoms with Crippen molar-refractivity contribution in [1.29, 1.82) is 0 Å². The first-order valence-electron chi connectivity index (χ1n) is 10.2. The molecule has 10 nitrogen and oxygen atoms in total. The lowest BCUT2D eigenvalue weighted by Crippen LogP contribution is -2.40. The lowest BCUT2D eigenvalue weighted by Gasteiger charge is -2.26. The van der Waals surface area contributed by atoms with Gasteiger partial charge in [-0.3, -0.25) is 4.79 Å². The molecule has 2 heterocycles. The normalized spacial score (nSPS) is 14.6. The van der Waals surface area contributed by atoms with E-state index in [-0.39, 0.29) is 10.6 Å². The number of hydrogen-bond donors (Lipinski definition) is 1. The first-order chi connectivity index (χ1) is 15.9. The first kappa shape index (κ1) is 22.8. The number of carbonyl (C=O) groups excluding carboxylic acids is 1. The van der Waals surface area contributed by atoms with Crippen LogP contribution in [0.3, 0.4) is 0 Å². The molecule has 3 aromatic rings. The predicted octanol–water partition coefficient (Wildman–Crippen LogP) is 2.16. The Labute approximate surface area is 191 Å². The number of aromatic nitrogens is 2. The van der Waals surface area contributed by atoms with Crippen molar-refractivity contribution in [1.82, 2.24) is 13.9 Å². The molecule has 33 heavy (non-hydrogen) atoms. The van der Waals surface area contributed by atoms with Crippen LogP contribution in [0.4, 0.5) is 5.69 Å². The first-order valence-corrected chi connectivity index (χ1v) is 11.6. The fraction of sp³-hybridized carbons (Fsp3) is 0.273. The number of sulfonamides is 1. The summed E-state index contributed by atoms with van der Waals surface area (Å²) in [5.41, 5.74) is 1.35. The number of benzene rings is 2. The van der Waals surface area contributed by atoms with Crippen LogP contribution in [0, 0.1) is 0 Å². The molecule has 1 N–H and O–H groups in total. The van der Waals surface area contributed by atoms with Gasteiger partial charge in [0.1, 0.15) is 23.5 Å². The lowest BCUT2D eigenvalue weighted by molar-refractivity contribution is 0.0730. The van der Waals surface area contributed by atoms with Gasteiger partial charge in [-0.25, -0.2) is 13.4 Å². The van der Waals surface area contributed by atoms with Gasteiger partial charge in [-0.2, -0.15) is 4.31 Å². The highest BCUT2D eigenvalue weighted by atomic mass is 32.2. The van der Waals surface area contributed by atoms with Crippen molar-refractivity contribution in [2.45, 2.75) is 4.90 Å². The fourth-order valence-corrected chi connectivity index (χ4v) is 4.80. The number of imidazole rings is 1. The summed E-state index contributed by atoms with van der Waals surface area (Å²) in [7, 11) is -0.524. The molecule has 0 bridgehead atoms. The van der Waals surface area contributed by atoms with E-state index in [1.165, 1.54) is 17.7 Å². The summed E-state index contributed by atoms with van der Waals surface area (Å²) in [6, 6.07) is 11.5. The van der Waals surface area contributed by atoms with Gasteiger partial charge in [0, 0.05) is 31.0 Å². The molecule has 4 rings (SSSR count). The zero-order chi connectivity index (χ0) is 23.4. The molecule has 1 fully saturated rings. The van der Waals surface area contributed by atoms with E-state index in [1.807, 2.05) is 0 Å². The van der Waals surface area contributed by atoms with Crippen molar-refractivity contribution >= 4 is 21.6 Å². The van der Waals surface area contributed by atoms with E-state index in [2.05, 4.69) is 10.3 Å². The second-order valence-corrected chi connectivity index (χ2v) is 9.13. The molecule has 0 aliphatic carbocycles. The van der Waals surface area contributed by atoms with Gasteiger partial charge in [-0.05, 0) is 36.4 Å². The summed E-state index contributed by atoms with van der Waals surface area (Å²) in [6.07, 6.45) is 3.06. The molecule has 0 spiro atoms. The Hall–Kier alpha value is -3.41. The Morgan fingerprint density at radius 2 is 1.79 bits per heavy atom. The zero-order valence-electron chi connectivity index (χ0n) is 18.2. The third kappa shape index (κ3) is 4.85. The second kappa shape index (κ2) is 9.61. The Morgan fingerprint density at radius 3 is 2.45 bits per heavy atom. The number of ether oxygens (including phenoxy) is 3. The molecule has 2 aromatic carbocycles. The monoisotopic (exact) mass is 472 g/mol. The molecule has 1 aromatic heterocycles. The van der Waals surface area contributed by atoms with Crippen LogP contribution in [-0.4, -0.2) is 68.7 Å². The standard InChI is InChI=1S/C22H24N4O6S/c1-30-17-5-8-19(21(13-17)31-2)24-22(27)20-14-25(15-23-20)16-3-6-18(7-4-16)33(28,29)26-9-11-32-12-10-26/h3-8,13-15H,9-12H2,1-2H3,(H,24,27). The van der Waals surface area contributed by atoms with Crippen molar-refractivity contribution in [2.24, 2.45) is 0 Å². The average molecular weight is 473 g/mol. The van der Waals surface area contributed by atoms with Crippen LogP contribution in [0.5, 0.6) is 11.5 Å². The molecule has 1 aliphatic rings. The molecule has 0 unspecified atom stereocenters. The predicted molar refractivity (Wildman–Crippen MR) is 121 cm³/mol. The van der Waals surface area contributed by atoms with Crippen molar-refractivity contribution < 1.29 is 27.4 Å². The molecular weight excluding hydrogens is 448 g/mol. The highest BCUT2D eigenvalue weighted by molar-refractivity contribution is 7.89. The Bertz CT molecular complexity index is 1230. The molecule has 174 valence electrons. The van der Waals surface area contributed by atoms with E-state index in [9.17, 15) is 13.2 Å². The van der Waals surface area contributed by atoms with Crippen LogP contribution >= 0.6 is 0 Å². The van der Waals surface area contributed by atoms with E-state index < -0.39 is 15.9 Å². The summed E-state index contributed by atoms with van der Waals surface area (Å²) >= 11 is 0. The summed E-state index contributed by atoms with van der Waals surface area (Å²) in [5, 5.41) is 2.77. The third-order valence-corrected chi connectivity index (χ3v) is 7.13. The number of hydrogen-bond acceptors (Lipinski definition) is 7. The largest absolute Gasteiger partial charge is 0.497 e. The van der Waals surface area contributed by atoms with E-state index in [1.54, 1.807) is 60.3 Å². The van der Waals surface area contributed by atoms with Gasteiger partial charge in [-0.1, -0.05) is 0 Å². The van der Waals surface area contributed by atoms with Gasteiger partial charge >= 0.3 is 0 Å². The SMILES string of the molecule is COc1ccc(NC(=O)c2cn(-c3ccc(S(=O)(=O)N4CCOCC4)cc3)cn2)c(OC)c1. The second-order valence-electron chi connectivity index (χ2n) is 7.20. The van der Waals surface area contributed by atoms with Gasteiger partial charge in [0.2, 0.25) is 10.0 Å². The van der Waals surface area contributed by atoms with Gasteiger partial charge in [0.15, 0.2) is 0 Å². The van der Waals surface area contributed by atoms with E-state index >= 15 is 0 Å². The Balaban J connectivity index is 1.48. The summed E-state index contributed by atoms with van der Waals surface area (Å²) in [5.74, 6) is 0.649. The maximum atomic E-state index is 12.8. The van der Waals surface area contributed by atoms with Gasteiger partial charge in [0.05, 0.1) is 38.0 Å². The molecular formula is C22H24N4O6S. The van der Waals surface area contributed by atoms with Crippen LogP contribution in [0.2, 0.25) is 0 Å². The van der Waals surface area contributed by atoms with E-state index in [0.29, 0.717) is 49.2 Å². The van der Waals surface area contributed by atoms with Crippen LogP contribution in [0.1, 0.15) is 10.5 Å². The fourth-order valence-electron chi connectivity index (χ4n) is 3.40. The summed E-state index contributed by atoms with van der Waals surface area (Å²) in [6.45, 7) is 1.45. The van der Waals surface area contributed by atoms with E-state index in [4.69, 9.17) is 14.2 Å². The van der Waals surface area contributed by atoms with Gasteiger partial charge in [-0.15, -0.1) is 0 Å². The van der Waals surface area contributed by atoms with Crippen LogP contribution < -0.4 is 14.8 Å². The lowest BCUT2D eigenvalue weighted by atomic mass is 10.2. The van der Waals surface area contributed by atoms with Crippen LogP contribution in [-0.2, 0) is 14.8 Å². The number of anilines is 1. The number of nitrogens with zero attached hydrogens (tertiary/aromatic N) is 3. The van der Waals surface area contributed by atoms with Gasteiger partial charge < -0.3 is 24.1 Å². The number of methoxy groups -OCH3 is 2. The Kier molecular flexibility index (Phi) is 6.63. The summed E-state index contributed by atoms with van der Waals surface area (Å²) < 4.78 is 44.3. The molecule has 1 saturated heterocycles. The van der Waals surface area contributed by atoms with Crippen molar-refractivity contribution in [3.05, 3.63) is 60.7 Å². The van der Waals surface area contributed by atoms with Crippen molar-refractivity contribution in [2.75, 3.05) is 45.8 Å².